The van der Waals surface area contributed by atoms with Crippen molar-refractivity contribution >= 4 is 5.78 Å². The second-order valence-electron chi connectivity index (χ2n) is 2.99. The lowest BCUT2D eigenvalue weighted by molar-refractivity contribution is -0.126. The molecule has 9 heavy (non-hydrogen) atoms. The Labute approximate surface area is 54.8 Å². The van der Waals surface area contributed by atoms with Gasteiger partial charge in [0.25, 0.3) is 0 Å². The zero-order valence-corrected chi connectivity index (χ0v) is 5.47. The molecule has 2 heteroatoms. The summed E-state index contributed by atoms with van der Waals surface area (Å²) in [7, 11) is 0. The van der Waals surface area contributed by atoms with Crippen molar-refractivity contribution in [1.29, 1.82) is 0 Å². The Kier molecular flexibility index (Phi) is 1.09. The summed E-state index contributed by atoms with van der Waals surface area (Å²) < 4.78 is 0. The van der Waals surface area contributed by atoms with E-state index in [1.54, 1.807) is 0 Å². The van der Waals surface area contributed by atoms with Crippen molar-refractivity contribution in [3.8, 4) is 0 Å². The van der Waals surface area contributed by atoms with E-state index in [-0.39, 0.29) is 0 Å². The molecule has 0 N–H and O–H groups in total. The van der Waals surface area contributed by atoms with Crippen molar-refractivity contribution in [2.45, 2.75) is 25.3 Å². The highest BCUT2D eigenvalue weighted by atomic mass is 16.1. The van der Waals surface area contributed by atoms with Gasteiger partial charge in [0.05, 0.1) is 6.54 Å². The van der Waals surface area contributed by atoms with Crippen molar-refractivity contribution in [2.24, 2.45) is 0 Å². The van der Waals surface area contributed by atoms with Gasteiger partial charge >= 0.3 is 0 Å². The Hall–Kier alpha value is -0.370. The normalized spacial score (nSPS) is 35.6. The number of carbonyl (C=O) groups is 1. The van der Waals surface area contributed by atoms with Crippen molar-refractivity contribution in [2.75, 3.05) is 13.1 Å². The van der Waals surface area contributed by atoms with Crippen LogP contribution in [0.15, 0.2) is 0 Å². The molecule has 0 aliphatic carbocycles. The number of piperidine rings is 1. The number of nitrogens with zero attached hydrogens (tertiary/aromatic N) is 1. The third-order valence-corrected chi connectivity index (χ3v) is 2.40. The van der Waals surface area contributed by atoms with Gasteiger partial charge in [0.2, 0.25) is 0 Å². The summed E-state index contributed by atoms with van der Waals surface area (Å²) >= 11 is 0. The van der Waals surface area contributed by atoms with Gasteiger partial charge in [0, 0.05) is 19.0 Å². The van der Waals surface area contributed by atoms with Crippen LogP contribution in [0.25, 0.3) is 0 Å². The van der Waals surface area contributed by atoms with Crippen LogP contribution in [-0.4, -0.2) is 29.8 Å². The maximum absolute atomic E-state index is 10.8. The fourth-order valence-corrected chi connectivity index (χ4v) is 1.66. The number of ketones is 1. The Morgan fingerprint density at radius 1 is 1.44 bits per heavy atom. The second-order valence-corrected chi connectivity index (χ2v) is 2.99. The molecule has 1 unspecified atom stereocenters. The van der Waals surface area contributed by atoms with Gasteiger partial charge in [-0.1, -0.05) is 0 Å². The summed E-state index contributed by atoms with van der Waals surface area (Å²) in [5.74, 6) is 0.436. The number of Topliss-reactive ketones (excluding diaryl/α,β-unsaturated/α-hetero) is 1. The van der Waals surface area contributed by atoms with Gasteiger partial charge in [-0.25, -0.2) is 0 Å². The van der Waals surface area contributed by atoms with E-state index in [9.17, 15) is 4.79 Å². The molecule has 1 atom stereocenters. The van der Waals surface area contributed by atoms with Crippen LogP contribution in [0.2, 0.25) is 0 Å². The molecule has 0 aromatic heterocycles. The van der Waals surface area contributed by atoms with Crippen LogP contribution in [0.4, 0.5) is 0 Å². The van der Waals surface area contributed by atoms with E-state index < -0.39 is 0 Å². The lowest BCUT2D eigenvalue weighted by Crippen LogP contribution is -2.53. The van der Waals surface area contributed by atoms with Crippen LogP contribution in [0, 0.1) is 0 Å². The first-order valence-corrected chi connectivity index (χ1v) is 3.62. The van der Waals surface area contributed by atoms with Crippen LogP contribution >= 0.6 is 0 Å². The number of hydrogen-bond donors (Lipinski definition) is 0. The van der Waals surface area contributed by atoms with Crippen LogP contribution in [0.1, 0.15) is 19.3 Å². The predicted octanol–water partition coefficient (Wildman–Crippen LogP) is 0.424. The first kappa shape index (κ1) is 5.42. The molecule has 0 saturated carbocycles. The largest absolute Gasteiger partial charge is 0.298 e. The summed E-state index contributed by atoms with van der Waals surface area (Å²) in [4.78, 5) is 13.1. The molecule has 2 aliphatic rings. The van der Waals surface area contributed by atoms with Crippen molar-refractivity contribution in [1.82, 2.24) is 4.90 Å². The molecular formula is C7H11NO. The van der Waals surface area contributed by atoms with Crippen LogP contribution < -0.4 is 0 Å². The molecular weight excluding hydrogens is 114 g/mol. The van der Waals surface area contributed by atoms with E-state index in [0.29, 0.717) is 5.78 Å². The van der Waals surface area contributed by atoms with E-state index in [2.05, 4.69) is 4.90 Å². The van der Waals surface area contributed by atoms with Crippen molar-refractivity contribution in [3.05, 3.63) is 0 Å². The summed E-state index contributed by atoms with van der Waals surface area (Å²) in [5.41, 5.74) is 0. The molecule has 0 radical (unpaired) electrons. The lowest BCUT2D eigenvalue weighted by Gasteiger charge is -2.43. The lowest BCUT2D eigenvalue weighted by atomic mass is 9.92. The molecule has 2 heterocycles. The monoisotopic (exact) mass is 125 g/mol. The molecule has 2 nitrogen and oxygen atoms in total. The minimum atomic E-state index is 0.436. The van der Waals surface area contributed by atoms with Gasteiger partial charge < -0.3 is 0 Å². The Bertz CT molecular complexity index is 144. The molecule has 2 fully saturated rings. The standard InChI is InChI=1S/C7H11NO/c9-7-2-1-6-3-4-8(6)5-7/h6H,1-5H2. The van der Waals surface area contributed by atoms with Gasteiger partial charge in [-0.15, -0.1) is 0 Å². The Balaban J connectivity index is 1.99. The van der Waals surface area contributed by atoms with Gasteiger partial charge in [-0.05, 0) is 12.8 Å². The molecule has 0 aromatic carbocycles. The fraction of sp³-hybridized carbons (Fsp3) is 0.857. The van der Waals surface area contributed by atoms with Crippen LogP contribution in [-0.2, 0) is 4.79 Å². The fourth-order valence-electron chi connectivity index (χ4n) is 1.66. The third-order valence-electron chi connectivity index (χ3n) is 2.40. The molecule has 50 valence electrons. The molecule has 2 saturated heterocycles. The maximum atomic E-state index is 10.8. The quantitative estimate of drug-likeness (QED) is 0.467. The molecule has 0 aromatic rings. The smallest absolute Gasteiger partial charge is 0.146 e. The third kappa shape index (κ3) is 0.778. The van der Waals surface area contributed by atoms with Crippen molar-refractivity contribution < 1.29 is 4.79 Å². The van der Waals surface area contributed by atoms with Gasteiger partial charge in [0.15, 0.2) is 0 Å². The topological polar surface area (TPSA) is 20.3 Å². The van der Waals surface area contributed by atoms with Crippen LogP contribution in [0.5, 0.6) is 0 Å². The number of hydrogen-bond acceptors (Lipinski definition) is 2. The first-order valence-electron chi connectivity index (χ1n) is 3.62. The molecule has 0 bridgehead atoms. The molecule has 2 aliphatic heterocycles. The number of fused-ring (bicyclic) bond motifs is 1. The number of carbonyl (C=O) groups excluding carboxylic acids is 1. The summed E-state index contributed by atoms with van der Waals surface area (Å²) in [6.45, 7) is 1.90. The van der Waals surface area contributed by atoms with Gasteiger partial charge in [-0.3, -0.25) is 9.69 Å². The Morgan fingerprint density at radius 2 is 2.33 bits per heavy atom. The summed E-state index contributed by atoms with van der Waals surface area (Å²) in [6, 6.07) is 0.780. The van der Waals surface area contributed by atoms with E-state index in [4.69, 9.17) is 0 Å². The molecule has 0 spiro atoms. The minimum absolute atomic E-state index is 0.436. The Morgan fingerprint density at radius 3 is 2.78 bits per heavy atom. The highest BCUT2D eigenvalue weighted by Crippen LogP contribution is 2.25. The summed E-state index contributed by atoms with van der Waals surface area (Å²) in [5, 5.41) is 0. The van der Waals surface area contributed by atoms with Gasteiger partial charge in [-0.2, -0.15) is 0 Å². The molecule has 2 rings (SSSR count). The molecule has 0 amide bonds. The predicted molar refractivity (Wildman–Crippen MR) is 34.2 cm³/mol. The van der Waals surface area contributed by atoms with Crippen molar-refractivity contribution in [3.63, 3.8) is 0 Å². The zero-order chi connectivity index (χ0) is 6.27. The van der Waals surface area contributed by atoms with Gasteiger partial charge in [0.1, 0.15) is 5.78 Å². The van der Waals surface area contributed by atoms with E-state index in [1.165, 1.54) is 6.42 Å². The van der Waals surface area contributed by atoms with E-state index in [1.807, 2.05) is 0 Å². The summed E-state index contributed by atoms with van der Waals surface area (Å²) in [6.07, 6.45) is 3.28. The van der Waals surface area contributed by atoms with E-state index >= 15 is 0 Å². The highest BCUT2D eigenvalue weighted by Gasteiger charge is 2.32. The minimum Gasteiger partial charge on any atom is -0.298 e. The average Bonchev–Trinajstić information content (AvgIpc) is 1.78. The first-order chi connectivity index (χ1) is 4.36. The SMILES string of the molecule is O=C1CCC2CCN2C1. The average molecular weight is 125 g/mol. The van der Waals surface area contributed by atoms with Crippen LogP contribution in [0.3, 0.4) is 0 Å². The highest BCUT2D eigenvalue weighted by molar-refractivity contribution is 5.81. The zero-order valence-electron chi connectivity index (χ0n) is 5.47. The second kappa shape index (κ2) is 1.81. The van der Waals surface area contributed by atoms with E-state index in [0.717, 1.165) is 32.0 Å². The maximum Gasteiger partial charge on any atom is 0.146 e. The number of rotatable bonds is 0.